The Balaban J connectivity index is 2.61. The van der Waals surface area contributed by atoms with E-state index >= 15 is 0 Å². The lowest BCUT2D eigenvalue weighted by Crippen LogP contribution is -2.32. The summed E-state index contributed by atoms with van der Waals surface area (Å²) in [5.41, 5.74) is 0.383. The van der Waals surface area contributed by atoms with Crippen LogP contribution in [0.25, 0.3) is 0 Å². The highest BCUT2D eigenvalue weighted by Gasteiger charge is 2.08. The van der Waals surface area contributed by atoms with E-state index in [4.69, 9.17) is 0 Å². The normalized spacial score (nSPS) is 11.9. The van der Waals surface area contributed by atoms with Crippen LogP contribution in [-0.4, -0.2) is 18.2 Å². The van der Waals surface area contributed by atoms with E-state index in [0.29, 0.717) is 5.56 Å². The van der Waals surface area contributed by atoms with Gasteiger partial charge in [0.25, 0.3) is 5.91 Å². The highest BCUT2D eigenvalue weighted by Crippen LogP contribution is 2.03. The van der Waals surface area contributed by atoms with Crippen molar-refractivity contribution in [3.8, 4) is 0 Å². The number of halogens is 1. The standard InChI is InChI=1S/C11H12FNO2/c1-8(6-7-14)13-11(15)9-2-4-10(12)5-3-9/h2-5,7-8H,6H2,1H3,(H,13,15)/t8-/m1/s1. The molecule has 1 atom stereocenters. The van der Waals surface area contributed by atoms with Gasteiger partial charge < -0.3 is 10.1 Å². The molecular weight excluding hydrogens is 197 g/mol. The third kappa shape index (κ3) is 3.50. The molecule has 0 aliphatic carbocycles. The van der Waals surface area contributed by atoms with E-state index in [9.17, 15) is 14.0 Å². The van der Waals surface area contributed by atoms with Crippen molar-refractivity contribution in [2.45, 2.75) is 19.4 Å². The quantitative estimate of drug-likeness (QED) is 0.764. The number of carbonyl (C=O) groups excluding carboxylic acids is 2. The number of benzene rings is 1. The van der Waals surface area contributed by atoms with Crippen molar-refractivity contribution in [3.63, 3.8) is 0 Å². The van der Waals surface area contributed by atoms with Gasteiger partial charge in [-0.1, -0.05) is 0 Å². The predicted molar refractivity (Wildman–Crippen MR) is 54.0 cm³/mol. The smallest absolute Gasteiger partial charge is 0.251 e. The number of hydrogen-bond donors (Lipinski definition) is 1. The number of aldehydes is 1. The number of rotatable bonds is 4. The van der Waals surface area contributed by atoms with Crippen molar-refractivity contribution >= 4 is 12.2 Å². The molecule has 0 unspecified atom stereocenters. The summed E-state index contributed by atoms with van der Waals surface area (Å²) in [4.78, 5) is 21.7. The van der Waals surface area contributed by atoms with Crippen molar-refractivity contribution < 1.29 is 14.0 Å². The van der Waals surface area contributed by atoms with E-state index < -0.39 is 0 Å². The summed E-state index contributed by atoms with van der Waals surface area (Å²) in [6.45, 7) is 1.73. The Bertz CT molecular complexity index is 348. The molecular formula is C11H12FNO2. The molecule has 4 heteroatoms. The third-order valence-corrected chi connectivity index (χ3v) is 1.93. The zero-order valence-corrected chi connectivity index (χ0v) is 8.37. The van der Waals surface area contributed by atoms with Gasteiger partial charge >= 0.3 is 0 Å². The molecule has 0 saturated carbocycles. The summed E-state index contributed by atoms with van der Waals surface area (Å²) in [6, 6.07) is 5.04. The third-order valence-electron chi connectivity index (χ3n) is 1.93. The van der Waals surface area contributed by atoms with Crippen LogP contribution in [0.5, 0.6) is 0 Å². The molecule has 1 aromatic rings. The van der Waals surface area contributed by atoms with Gasteiger partial charge in [-0.05, 0) is 31.2 Å². The van der Waals surface area contributed by atoms with Gasteiger partial charge in [-0.3, -0.25) is 4.79 Å². The molecule has 1 aromatic carbocycles. The van der Waals surface area contributed by atoms with Crippen molar-refractivity contribution in [3.05, 3.63) is 35.6 Å². The Hall–Kier alpha value is -1.71. The van der Waals surface area contributed by atoms with Crippen molar-refractivity contribution in [1.29, 1.82) is 0 Å². The SMILES string of the molecule is C[C@H](CC=O)NC(=O)c1ccc(F)cc1. The van der Waals surface area contributed by atoms with E-state index in [-0.39, 0.29) is 24.2 Å². The average molecular weight is 209 g/mol. The van der Waals surface area contributed by atoms with Crippen LogP contribution in [0.3, 0.4) is 0 Å². The molecule has 0 heterocycles. The Morgan fingerprint density at radius 2 is 2.07 bits per heavy atom. The van der Waals surface area contributed by atoms with Crippen LogP contribution in [0.2, 0.25) is 0 Å². The highest BCUT2D eigenvalue weighted by atomic mass is 19.1. The van der Waals surface area contributed by atoms with Crippen LogP contribution in [0.1, 0.15) is 23.7 Å². The zero-order valence-electron chi connectivity index (χ0n) is 8.37. The van der Waals surface area contributed by atoms with E-state index in [1.165, 1.54) is 24.3 Å². The second-order valence-corrected chi connectivity index (χ2v) is 3.28. The highest BCUT2D eigenvalue weighted by molar-refractivity contribution is 5.94. The lowest BCUT2D eigenvalue weighted by Gasteiger charge is -2.10. The predicted octanol–water partition coefficient (Wildman–Crippen LogP) is 1.53. The Kier molecular flexibility index (Phi) is 3.97. The molecule has 0 fully saturated rings. The second kappa shape index (κ2) is 5.24. The molecule has 0 spiro atoms. The van der Waals surface area contributed by atoms with Gasteiger partial charge in [0, 0.05) is 18.0 Å². The molecule has 0 saturated heterocycles. The summed E-state index contributed by atoms with van der Waals surface area (Å²) >= 11 is 0. The molecule has 0 aliphatic rings. The molecule has 0 radical (unpaired) electrons. The van der Waals surface area contributed by atoms with E-state index in [1.54, 1.807) is 6.92 Å². The van der Waals surface area contributed by atoms with Gasteiger partial charge in [0.1, 0.15) is 12.1 Å². The summed E-state index contributed by atoms with van der Waals surface area (Å²) in [7, 11) is 0. The first-order valence-electron chi connectivity index (χ1n) is 4.63. The van der Waals surface area contributed by atoms with Gasteiger partial charge in [-0.15, -0.1) is 0 Å². The van der Waals surface area contributed by atoms with E-state index in [2.05, 4.69) is 5.32 Å². The number of nitrogens with one attached hydrogen (secondary N) is 1. The van der Waals surface area contributed by atoms with Crippen molar-refractivity contribution in [1.82, 2.24) is 5.32 Å². The topological polar surface area (TPSA) is 46.2 Å². The summed E-state index contributed by atoms with van der Waals surface area (Å²) in [5.74, 6) is -0.683. The Morgan fingerprint density at radius 3 is 2.60 bits per heavy atom. The largest absolute Gasteiger partial charge is 0.349 e. The van der Waals surface area contributed by atoms with Gasteiger partial charge in [-0.25, -0.2) is 4.39 Å². The van der Waals surface area contributed by atoms with Gasteiger partial charge in [0.05, 0.1) is 0 Å². The number of carbonyl (C=O) groups is 2. The van der Waals surface area contributed by atoms with Crippen LogP contribution in [0, 0.1) is 5.82 Å². The first-order valence-corrected chi connectivity index (χ1v) is 4.63. The Labute approximate surface area is 87.3 Å². The summed E-state index contributed by atoms with van der Waals surface area (Å²) in [6.07, 6.45) is 1.02. The van der Waals surface area contributed by atoms with Crippen LogP contribution in [0.15, 0.2) is 24.3 Å². The monoisotopic (exact) mass is 209 g/mol. The average Bonchev–Trinajstić information content (AvgIpc) is 2.18. The molecule has 1 rings (SSSR count). The maximum atomic E-state index is 12.6. The second-order valence-electron chi connectivity index (χ2n) is 3.28. The molecule has 0 aliphatic heterocycles. The first-order chi connectivity index (χ1) is 7.13. The van der Waals surface area contributed by atoms with Gasteiger partial charge in [0.15, 0.2) is 0 Å². The summed E-state index contributed by atoms with van der Waals surface area (Å²) < 4.78 is 12.6. The molecule has 0 aromatic heterocycles. The van der Waals surface area contributed by atoms with E-state index in [1.807, 2.05) is 0 Å². The minimum absolute atomic E-state index is 0.208. The molecule has 3 nitrogen and oxygen atoms in total. The van der Waals surface area contributed by atoms with Crippen molar-refractivity contribution in [2.24, 2.45) is 0 Å². The minimum Gasteiger partial charge on any atom is -0.349 e. The number of amides is 1. The fourth-order valence-corrected chi connectivity index (χ4v) is 1.11. The van der Waals surface area contributed by atoms with Crippen molar-refractivity contribution in [2.75, 3.05) is 0 Å². The maximum Gasteiger partial charge on any atom is 0.251 e. The van der Waals surface area contributed by atoms with E-state index in [0.717, 1.165) is 6.29 Å². The fourth-order valence-electron chi connectivity index (χ4n) is 1.11. The molecule has 0 bridgehead atoms. The lowest BCUT2D eigenvalue weighted by molar-refractivity contribution is -0.108. The zero-order chi connectivity index (χ0) is 11.3. The van der Waals surface area contributed by atoms with Gasteiger partial charge in [0.2, 0.25) is 0 Å². The molecule has 1 N–H and O–H groups in total. The Morgan fingerprint density at radius 1 is 1.47 bits per heavy atom. The lowest BCUT2D eigenvalue weighted by atomic mass is 10.2. The molecule has 1 amide bonds. The summed E-state index contributed by atoms with van der Waals surface area (Å²) in [5, 5.41) is 2.62. The molecule has 15 heavy (non-hydrogen) atoms. The maximum absolute atomic E-state index is 12.6. The van der Waals surface area contributed by atoms with Gasteiger partial charge in [-0.2, -0.15) is 0 Å². The van der Waals surface area contributed by atoms with Crippen LogP contribution in [0.4, 0.5) is 4.39 Å². The van der Waals surface area contributed by atoms with Crippen LogP contribution in [-0.2, 0) is 4.79 Å². The fraction of sp³-hybridized carbons (Fsp3) is 0.273. The first kappa shape index (κ1) is 11.4. The van der Waals surface area contributed by atoms with Crippen LogP contribution >= 0.6 is 0 Å². The number of hydrogen-bond acceptors (Lipinski definition) is 2. The minimum atomic E-state index is -0.382. The van der Waals surface area contributed by atoms with Crippen LogP contribution < -0.4 is 5.32 Å². The molecule has 80 valence electrons.